The highest BCUT2D eigenvalue weighted by molar-refractivity contribution is 7.95. The van der Waals surface area contributed by atoms with Gasteiger partial charge in [0.05, 0.1) is 11.6 Å². The van der Waals surface area contributed by atoms with Crippen LogP contribution in [0.25, 0.3) is 10.8 Å². The molecule has 0 radical (unpaired) electrons. The van der Waals surface area contributed by atoms with Crippen molar-refractivity contribution in [3.8, 4) is 11.8 Å². The molecular weight excluding hydrogens is 320 g/mol. The average Bonchev–Trinajstić information content (AvgIpc) is 2.61. The van der Waals surface area contributed by atoms with Gasteiger partial charge in [-0.3, -0.25) is 4.31 Å². The zero-order chi connectivity index (χ0) is 16.9. The molecule has 0 atom stereocenters. The molecule has 0 aliphatic heterocycles. The first kappa shape index (κ1) is 16.2. The SMILES string of the molecule is Cc1ccc(N(C)SOOc2ccc3cc(C#N)ccc3c2)cc1. The first-order valence-corrected chi connectivity index (χ1v) is 8.11. The lowest BCUT2D eigenvalue weighted by Crippen LogP contribution is -2.08. The highest BCUT2D eigenvalue weighted by atomic mass is 32.2. The third-order valence-electron chi connectivity index (χ3n) is 3.61. The number of nitrogens with zero attached hydrogens (tertiary/aromatic N) is 2. The van der Waals surface area contributed by atoms with E-state index in [1.807, 2.05) is 66.0 Å². The number of anilines is 1. The standard InChI is InChI=1S/C19H16N2O2S/c1-14-3-8-18(9-4-14)21(2)24-23-22-19-10-7-16-11-15(13-20)5-6-17(16)12-19/h3-12H,1-2H3. The summed E-state index contributed by atoms with van der Waals surface area (Å²) in [5.41, 5.74) is 2.88. The molecule has 3 rings (SSSR count). The molecule has 0 aliphatic carbocycles. The monoisotopic (exact) mass is 336 g/mol. The fourth-order valence-electron chi connectivity index (χ4n) is 2.24. The lowest BCUT2D eigenvalue weighted by molar-refractivity contribution is -0.0776. The van der Waals surface area contributed by atoms with Crippen LogP contribution in [0.4, 0.5) is 5.69 Å². The third kappa shape index (κ3) is 3.80. The summed E-state index contributed by atoms with van der Waals surface area (Å²) in [6.45, 7) is 2.05. The van der Waals surface area contributed by atoms with Crippen LogP contribution < -0.4 is 9.19 Å². The van der Waals surface area contributed by atoms with E-state index in [9.17, 15) is 0 Å². The van der Waals surface area contributed by atoms with Crippen molar-refractivity contribution in [3.63, 3.8) is 0 Å². The maximum Gasteiger partial charge on any atom is 0.167 e. The van der Waals surface area contributed by atoms with E-state index in [4.69, 9.17) is 14.5 Å². The second-order valence-corrected chi connectivity index (χ2v) is 6.23. The van der Waals surface area contributed by atoms with Crippen LogP contribution >= 0.6 is 12.2 Å². The maximum absolute atomic E-state index is 8.93. The van der Waals surface area contributed by atoms with Gasteiger partial charge < -0.3 is 4.89 Å². The Morgan fingerprint density at radius 3 is 2.42 bits per heavy atom. The molecule has 3 aromatic rings. The van der Waals surface area contributed by atoms with E-state index < -0.39 is 0 Å². The average molecular weight is 336 g/mol. The molecular formula is C19H16N2O2S. The van der Waals surface area contributed by atoms with Gasteiger partial charge in [-0.05, 0) is 54.1 Å². The van der Waals surface area contributed by atoms with E-state index in [0.29, 0.717) is 11.3 Å². The van der Waals surface area contributed by atoms with Gasteiger partial charge in [-0.15, -0.1) is 0 Å². The highest BCUT2D eigenvalue weighted by Gasteiger charge is 2.05. The van der Waals surface area contributed by atoms with Gasteiger partial charge in [0, 0.05) is 12.7 Å². The summed E-state index contributed by atoms with van der Waals surface area (Å²) < 4.78 is 7.12. The van der Waals surface area contributed by atoms with Gasteiger partial charge in [-0.25, -0.2) is 0 Å². The number of hydrogen-bond acceptors (Lipinski definition) is 5. The van der Waals surface area contributed by atoms with Gasteiger partial charge in [0.1, 0.15) is 0 Å². The van der Waals surface area contributed by atoms with Crippen molar-refractivity contribution in [2.45, 2.75) is 6.92 Å². The maximum atomic E-state index is 8.93. The molecule has 5 heteroatoms. The quantitative estimate of drug-likeness (QED) is 0.283. The Kier molecular flexibility index (Phi) is 4.90. The fourth-order valence-corrected chi connectivity index (χ4v) is 2.65. The molecule has 0 unspecified atom stereocenters. The molecule has 0 bridgehead atoms. The van der Waals surface area contributed by atoms with E-state index in [1.165, 1.54) is 5.56 Å². The zero-order valence-corrected chi connectivity index (χ0v) is 14.2. The first-order valence-electron chi connectivity index (χ1n) is 7.41. The molecule has 0 spiro atoms. The van der Waals surface area contributed by atoms with Crippen LogP contribution in [0.1, 0.15) is 11.1 Å². The van der Waals surface area contributed by atoms with Crippen LogP contribution in [0.5, 0.6) is 5.75 Å². The molecule has 24 heavy (non-hydrogen) atoms. The minimum absolute atomic E-state index is 0.608. The Labute approximate surface area is 145 Å². The van der Waals surface area contributed by atoms with Gasteiger partial charge >= 0.3 is 0 Å². The molecule has 0 fully saturated rings. The second-order valence-electron chi connectivity index (χ2n) is 5.39. The van der Waals surface area contributed by atoms with Crippen molar-refractivity contribution in [1.29, 1.82) is 5.26 Å². The number of fused-ring (bicyclic) bond motifs is 1. The van der Waals surface area contributed by atoms with Crippen molar-refractivity contribution in [3.05, 3.63) is 71.8 Å². The van der Waals surface area contributed by atoms with Crippen LogP contribution in [0, 0.1) is 18.3 Å². The van der Waals surface area contributed by atoms with E-state index in [2.05, 4.69) is 13.0 Å². The number of rotatable bonds is 5. The molecule has 0 saturated carbocycles. The van der Waals surface area contributed by atoms with E-state index >= 15 is 0 Å². The normalized spacial score (nSPS) is 10.4. The highest BCUT2D eigenvalue weighted by Crippen LogP contribution is 2.25. The predicted molar refractivity (Wildman–Crippen MR) is 97.5 cm³/mol. The zero-order valence-electron chi connectivity index (χ0n) is 13.4. The van der Waals surface area contributed by atoms with Gasteiger partial charge in [0.15, 0.2) is 18.0 Å². The summed E-state index contributed by atoms with van der Waals surface area (Å²) in [6.07, 6.45) is 0. The topological polar surface area (TPSA) is 45.5 Å². The van der Waals surface area contributed by atoms with Crippen LogP contribution in [0.2, 0.25) is 0 Å². The summed E-state index contributed by atoms with van der Waals surface area (Å²) >= 11 is 1.11. The second kappa shape index (κ2) is 7.26. The molecule has 0 saturated heterocycles. The smallest absolute Gasteiger partial charge is 0.167 e. The Hall–Kier alpha value is -2.68. The van der Waals surface area contributed by atoms with Crippen LogP contribution in [0.3, 0.4) is 0 Å². The molecule has 0 N–H and O–H groups in total. The Morgan fingerprint density at radius 2 is 1.67 bits per heavy atom. The third-order valence-corrected chi connectivity index (χ3v) is 4.17. The summed E-state index contributed by atoms with van der Waals surface area (Å²) in [5.74, 6) is 0.608. The van der Waals surface area contributed by atoms with E-state index in [-0.39, 0.29) is 0 Å². The van der Waals surface area contributed by atoms with Gasteiger partial charge in [0.2, 0.25) is 0 Å². The summed E-state index contributed by atoms with van der Waals surface area (Å²) in [6, 6.07) is 21.4. The molecule has 0 amide bonds. The summed E-state index contributed by atoms with van der Waals surface area (Å²) in [4.78, 5) is 5.34. The Balaban J connectivity index is 1.61. The number of hydrogen-bond donors (Lipinski definition) is 0. The number of benzene rings is 3. The fraction of sp³-hybridized carbons (Fsp3) is 0.105. The molecule has 0 heterocycles. The van der Waals surface area contributed by atoms with Crippen molar-refractivity contribution in [1.82, 2.24) is 0 Å². The molecule has 4 nitrogen and oxygen atoms in total. The Morgan fingerprint density at radius 1 is 0.958 bits per heavy atom. The Bertz CT molecular complexity index is 888. The lowest BCUT2D eigenvalue weighted by Gasteiger charge is -2.16. The van der Waals surface area contributed by atoms with Crippen LogP contribution in [0.15, 0.2) is 60.7 Å². The molecule has 0 aromatic heterocycles. The molecule has 3 aromatic carbocycles. The number of aryl methyl sites for hydroxylation is 1. The van der Waals surface area contributed by atoms with Crippen LogP contribution in [-0.4, -0.2) is 7.05 Å². The number of nitriles is 1. The van der Waals surface area contributed by atoms with Crippen molar-refractivity contribution in [2.24, 2.45) is 0 Å². The van der Waals surface area contributed by atoms with Gasteiger partial charge in [0.25, 0.3) is 0 Å². The van der Waals surface area contributed by atoms with Crippen molar-refractivity contribution in [2.75, 3.05) is 11.4 Å². The lowest BCUT2D eigenvalue weighted by atomic mass is 10.1. The molecule has 120 valence electrons. The largest absolute Gasteiger partial charge is 0.324 e. The minimum Gasteiger partial charge on any atom is -0.324 e. The predicted octanol–water partition coefficient (Wildman–Crippen LogP) is 5.03. The first-order chi connectivity index (χ1) is 11.7. The minimum atomic E-state index is 0.608. The van der Waals surface area contributed by atoms with Gasteiger partial charge in [-0.1, -0.05) is 34.2 Å². The van der Waals surface area contributed by atoms with Gasteiger partial charge in [-0.2, -0.15) is 5.26 Å². The van der Waals surface area contributed by atoms with E-state index in [0.717, 1.165) is 28.7 Å². The van der Waals surface area contributed by atoms with E-state index in [1.54, 1.807) is 6.07 Å². The summed E-state index contributed by atoms with van der Waals surface area (Å²) in [7, 11) is 1.91. The van der Waals surface area contributed by atoms with Crippen LogP contribution in [-0.2, 0) is 4.33 Å². The molecule has 0 aliphatic rings. The van der Waals surface area contributed by atoms with Crippen molar-refractivity contribution >= 4 is 28.7 Å². The van der Waals surface area contributed by atoms with Crippen molar-refractivity contribution < 1.29 is 9.22 Å². The summed E-state index contributed by atoms with van der Waals surface area (Å²) in [5, 5.41) is 10.9.